The van der Waals surface area contributed by atoms with Crippen LogP contribution in [0.1, 0.15) is 18.4 Å². The first-order chi connectivity index (χ1) is 13.8. The van der Waals surface area contributed by atoms with E-state index < -0.39 is 0 Å². The summed E-state index contributed by atoms with van der Waals surface area (Å²) in [6.45, 7) is 2.82. The topological polar surface area (TPSA) is 101 Å². The second kappa shape index (κ2) is 8.57. The standard InChI is InChI=1S/C19H22N8O/c28-19(22-16-3-5-18(6-4-16)27-14-21-24-25-27)23-17-7-10-26(11-8-17)13-15-2-1-9-20-12-15/h1-6,9,12,14,17H,7-8,10-11,13H2,(H2,22,23,28). The predicted octanol–water partition coefficient (Wildman–Crippen LogP) is 1.84. The Morgan fingerprint density at radius 1 is 1.14 bits per heavy atom. The van der Waals surface area contributed by atoms with Crippen molar-refractivity contribution in [2.45, 2.75) is 25.4 Å². The number of benzene rings is 1. The van der Waals surface area contributed by atoms with Crippen molar-refractivity contribution in [3.05, 3.63) is 60.7 Å². The zero-order valence-corrected chi connectivity index (χ0v) is 15.4. The summed E-state index contributed by atoms with van der Waals surface area (Å²) < 4.78 is 1.56. The molecule has 0 unspecified atom stereocenters. The van der Waals surface area contributed by atoms with Gasteiger partial charge >= 0.3 is 6.03 Å². The van der Waals surface area contributed by atoms with Crippen LogP contribution in [0.2, 0.25) is 0 Å². The van der Waals surface area contributed by atoms with Crippen LogP contribution in [0.5, 0.6) is 0 Å². The van der Waals surface area contributed by atoms with Gasteiger partial charge in [-0.05, 0) is 59.2 Å². The molecule has 3 heterocycles. The maximum absolute atomic E-state index is 12.3. The molecule has 1 saturated heterocycles. The van der Waals surface area contributed by atoms with Crippen LogP contribution < -0.4 is 10.6 Å². The van der Waals surface area contributed by atoms with Crippen molar-refractivity contribution in [2.75, 3.05) is 18.4 Å². The molecule has 1 fully saturated rings. The number of amides is 2. The maximum atomic E-state index is 12.3. The van der Waals surface area contributed by atoms with Gasteiger partial charge in [-0.25, -0.2) is 9.48 Å². The fourth-order valence-corrected chi connectivity index (χ4v) is 3.31. The number of anilines is 1. The molecule has 4 rings (SSSR count). The zero-order chi connectivity index (χ0) is 19.2. The summed E-state index contributed by atoms with van der Waals surface area (Å²) >= 11 is 0. The highest BCUT2D eigenvalue weighted by molar-refractivity contribution is 5.89. The van der Waals surface area contributed by atoms with Gasteiger partial charge in [0.25, 0.3) is 0 Å². The molecule has 28 heavy (non-hydrogen) atoms. The molecular formula is C19H22N8O. The average Bonchev–Trinajstić information content (AvgIpc) is 3.26. The summed E-state index contributed by atoms with van der Waals surface area (Å²) in [5.74, 6) is 0. The summed E-state index contributed by atoms with van der Waals surface area (Å²) in [6, 6.07) is 11.4. The van der Waals surface area contributed by atoms with Gasteiger partial charge in [0, 0.05) is 43.8 Å². The van der Waals surface area contributed by atoms with E-state index in [1.54, 1.807) is 10.9 Å². The van der Waals surface area contributed by atoms with Gasteiger partial charge in [0.15, 0.2) is 0 Å². The maximum Gasteiger partial charge on any atom is 0.319 e. The molecule has 9 nitrogen and oxygen atoms in total. The van der Waals surface area contributed by atoms with Gasteiger partial charge < -0.3 is 10.6 Å². The summed E-state index contributed by atoms with van der Waals surface area (Å²) in [5, 5.41) is 17.0. The number of carbonyl (C=O) groups excluding carboxylic acids is 1. The lowest BCUT2D eigenvalue weighted by Crippen LogP contribution is -2.45. The molecule has 3 aromatic rings. The molecule has 0 atom stereocenters. The minimum atomic E-state index is -0.180. The number of aromatic nitrogens is 5. The number of urea groups is 1. The highest BCUT2D eigenvalue weighted by Crippen LogP contribution is 2.15. The Morgan fingerprint density at radius 3 is 2.64 bits per heavy atom. The minimum absolute atomic E-state index is 0.180. The molecule has 144 valence electrons. The third-order valence-corrected chi connectivity index (χ3v) is 4.79. The smallest absolute Gasteiger partial charge is 0.319 e. The number of tetrazole rings is 1. The van der Waals surface area contributed by atoms with Crippen molar-refractivity contribution in [3.63, 3.8) is 0 Å². The van der Waals surface area contributed by atoms with E-state index in [9.17, 15) is 4.79 Å². The first-order valence-corrected chi connectivity index (χ1v) is 9.28. The van der Waals surface area contributed by atoms with Gasteiger partial charge in [0.1, 0.15) is 6.33 Å². The number of hydrogen-bond acceptors (Lipinski definition) is 6. The molecule has 1 aliphatic rings. The second-order valence-electron chi connectivity index (χ2n) is 6.81. The zero-order valence-electron chi connectivity index (χ0n) is 15.4. The van der Waals surface area contributed by atoms with Crippen LogP contribution >= 0.6 is 0 Å². The Balaban J connectivity index is 1.22. The third kappa shape index (κ3) is 4.68. The molecule has 0 spiro atoms. The fraction of sp³-hybridized carbons (Fsp3) is 0.316. The number of rotatable bonds is 5. The Kier molecular flexibility index (Phi) is 5.53. The van der Waals surface area contributed by atoms with Crippen molar-refractivity contribution in [1.29, 1.82) is 0 Å². The highest BCUT2D eigenvalue weighted by Gasteiger charge is 2.20. The minimum Gasteiger partial charge on any atom is -0.335 e. The quantitative estimate of drug-likeness (QED) is 0.703. The SMILES string of the molecule is O=C(Nc1ccc(-n2cnnn2)cc1)NC1CCN(Cc2cccnc2)CC1. The van der Waals surface area contributed by atoms with E-state index in [0.29, 0.717) is 0 Å². The Bertz CT molecular complexity index is 874. The van der Waals surface area contributed by atoms with Gasteiger partial charge in [-0.1, -0.05) is 6.07 Å². The van der Waals surface area contributed by atoms with Gasteiger partial charge in [0.05, 0.1) is 5.69 Å². The average molecular weight is 378 g/mol. The van der Waals surface area contributed by atoms with Crippen LogP contribution in [0.25, 0.3) is 5.69 Å². The first-order valence-electron chi connectivity index (χ1n) is 9.28. The molecule has 0 saturated carbocycles. The van der Waals surface area contributed by atoms with Crippen LogP contribution in [-0.4, -0.2) is 55.3 Å². The molecule has 2 aromatic heterocycles. The van der Waals surface area contributed by atoms with Gasteiger partial charge in [-0.3, -0.25) is 9.88 Å². The lowest BCUT2D eigenvalue weighted by Gasteiger charge is -2.32. The molecule has 0 radical (unpaired) electrons. The Labute approximate surface area is 162 Å². The van der Waals surface area contributed by atoms with Crippen LogP contribution in [0, 0.1) is 0 Å². The molecule has 1 aromatic carbocycles. The van der Waals surface area contributed by atoms with Crippen LogP contribution in [0.3, 0.4) is 0 Å². The number of likely N-dealkylation sites (tertiary alicyclic amines) is 1. The number of piperidine rings is 1. The highest BCUT2D eigenvalue weighted by atomic mass is 16.2. The van der Waals surface area contributed by atoms with Gasteiger partial charge in [-0.15, -0.1) is 5.10 Å². The monoisotopic (exact) mass is 378 g/mol. The Morgan fingerprint density at radius 2 is 1.96 bits per heavy atom. The summed E-state index contributed by atoms with van der Waals surface area (Å²) in [6.07, 6.45) is 7.09. The summed E-state index contributed by atoms with van der Waals surface area (Å²) in [7, 11) is 0. The van der Waals surface area contributed by atoms with Crippen molar-refractivity contribution >= 4 is 11.7 Å². The van der Waals surface area contributed by atoms with Crippen LogP contribution in [-0.2, 0) is 6.54 Å². The second-order valence-corrected chi connectivity index (χ2v) is 6.81. The van der Waals surface area contributed by atoms with Crippen LogP contribution in [0.15, 0.2) is 55.1 Å². The van der Waals surface area contributed by atoms with Crippen molar-refractivity contribution in [2.24, 2.45) is 0 Å². The number of pyridine rings is 1. The predicted molar refractivity (Wildman–Crippen MR) is 104 cm³/mol. The van der Waals surface area contributed by atoms with E-state index in [-0.39, 0.29) is 12.1 Å². The molecule has 2 amide bonds. The summed E-state index contributed by atoms with van der Waals surface area (Å²) in [4.78, 5) is 18.8. The van der Waals surface area contributed by atoms with E-state index in [1.807, 2.05) is 36.5 Å². The first kappa shape index (κ1) is 18.1. The van der Waals surface area contributed by atoms with Crippen LogP contribution in [0.4, 0.5) is 10.5 Å². The third-order valence-electron chi connectivity index (χ3n) is 4.79. The van der Waals surface area contributed by atoms with Gasteiger partial charge in [-0.2, -0.15) is 0 Å². The number of nitrogens with zero attached hydrogens (tertiary/aromatic N) is 6. The molecule has 0 bridgehead atoms. The lowest BCUT2D eigenvalue weighted by molar-refractivity contribution is 0.189. The van der Waals surface area contributed by atoms with E-state index in [4.69, 9.17) is 0 Å². The van der Waals surface area contributed by atoms with E-state index in [1.165, 1.54) is 11.9 Å². The van der Waals surface area contributed by atoms with E-state index in [0.717, 1.165) is 43.9 Å². The lowest BCUT2D eigenvalue weighted by atomic mass is 10.0. The van der Waals surface area contributed by atoms with Gasteiger partial charge in [0.2, 0.25) is 0 Å². The largest absolute Gasteiger partial charge is 0.335 e. The van der Waals surface area contributed by atoms with E-state index >= 15 is 0 Å². The van der Waals surface area contributed by atoms with E-state index in [2.05, 4.69) is 42.1 Å². The van der Waals surface area contributed by atoms with Crippen molar-refractivity contribution in [3.8, 4) is 5.69 Å². The molecule has 1 aliphatic heterocycles. The van der Waals surface area contributed by atoms with Crippen molar-refractivity contribution in [1.82, 2.24) is 35.4 Å². The number of nitrogens with one attached hydrogen (secondary N) is 2. The fourth-order valence-electron chi connectivity index (χ4n) is 3.31. The molecular weight excluding hydrogens is 356 g/mol. The molecule has 0 aliphatic carbocycles. The number of hydrogen-bond donors (Lipinski definition) is 2. The Hall–Kier alpha value is -3.33. The number of carbonyl (C=O) groups is 1. The molecule has 9 heteroatoms. The molecule has 2 N–H and O–H groups in total. The van der Waals surface area contributed by atoms with Crippen molar-refractivity contribution < 1.29 is 4.79 Å². The normalized spacial score (nSPS) is 15.3. The summed E-state index contributed by atoms with van der Waals surface area (Å²) in [5.41, 5.74) is 2.78.